The molecule has 1 N–H and O–H groups in total. The van der Waals surface area contributed by atoms with Crippen LogP contribution in [0.25, 0.3) is 10.1 Å². The number of hydrogen-bond acceptors (Lipinski definition) is 3. The Morgan fingerprint density at radius 1 is 1.32 bits per heavy atom. The predicted molar refractivity (Wildman–Crippen MR) is 75.4 cm³/mol. The van der Waals surface area contributed by atoms with Crippen molar-refractivity contribution in [2.24, 2.45) is 5.92 Å². The number of nitrogens with zero attached hydrogens (tertiary/aromatic N) is 1. The third-order valence-corrected chi connectivity index (χ3v) is 5.23. The number of hydrogen-bond donors (Lipinski definition) is 1. The SMILES string of the molecule is O=C(c1csc2ccccc12)N1CC(O)(C2CC2)C1. The molecule has 1 aromatic carbocycles. The van der Waals surface area contributed by atoms with E-state index in [4.69, 9.17) is 0 Å². The molecule has 1 saturated heterocycles. The molecule has 0 atom stereocenters. The van der Waals surface area contributed by atoms with Crippen LogP contribution in [0, 0.1) is 5.92 Å². The van der Waals surface area contributed by atoms with Gasteiger partial charge in [-0.2, -0.15) is 0 Å². The van der Waals surface area contributed by atoms with E-state index in [1.165, 1.54) is 0 Å². The standard InChI is InChI=1S/C15H15NO2S/c17-14(16-8-15(18,9-16)10-5-6-10)12-7-19-13-4-2-1-3-11(12)13/h1-4,7,10,18H,5-6,8-9H2. The molecule has 4 rings (SSSR count). The zero-order valence-corrected chi connectivity index (χ0v) is 11.3. The fourth-order valence-corrected chi connectivity index (χ4v) is 3.89. The number of thiophene rings is 1. The fourth-order valence-electron chi connectivity index (χ4n) is 2.95. The highest BCUT2D eigenvalue weighted by Crippen LogP contribution is 2.45. The number of rotatable bonds is 2. The van der Waals surface area contributed by atoms with Gasteiger partial charge in [0.2, 0.25) is 0 Å². The Bertz CT molecular complexity index is 653. The largest absolute Gasteiger partial charge is 0.386 e. The molecule has 1 aliphatic heterocycles. The Balaban J connectivity index is 1.58. The van der Waals surface area contributed by atoms with Gasteiger partial charge in [0.05, 0.1) is 18.7 Å². The van der Waals surface area contributed by atoms with E-state index in [1.807, 2.05) is 29.6 Å². The zero-order valence-electron chi connectivity index (χ0n) is 10.5. The number of fused-ring (bicyclic) bond motifs is 1. The number of carbonyl (C=O) groups excluding carboxylic acids is 1. The average Bonchev–Trinajstić information content (AvgIpc) is 3.14. The molecule has 98 valence electrons. The maximum absolute atomic E-state index is 12.5. The molecular formula is C15H15NO2S. The minimum Gasteiger partial charge on any atom is -0.386 e. The second-order valence-electron chi connectivity index (χ2n) is 5.68. The van der Waals surface area contributed by atoms with Gasteiger partial charge in [0.25, 0.3) is 5.91 Å². The lowest BCUT2D eigenvalue weighted by atomic mass is 9.88. The van der Waals surface area contributed by atoms with Crippen molar-refractivity contribution in [2.75, 3.05) is 13.1 Å². The third kappa shape index (κ3) is 1.70. The molecule has 2 fully saturated rings. The maximum Gasteiger partial charge on any atom is 0.255 e. The Labute approximate surface area is 115 Å². The summed E-state index contributed by atoms with van der Waals surface area (Å²) in [4.78, 5) is 14.2. The lowest BCUT2D eigenvalue weighted by Gasteiger charge is -2.46. The molecule has 19 heavy (non-hydrogen) atoms. The Kier molecular flexibility index (Phi) is 2.29. The van der Waals surface area contributed by atoms with Gasteiger partial charge >= 0.3 is 0 Å². The lowest BCUT2D eigenvalue weighted by molar-refractivity contribution is -0.0957. The molecule has 2 heterocycles. The van der Waals surface area contributed by atoms with Crippen LogP contribution >= 0.6 is 11.3 Å². The number of likely N-dealkylation sites (tertiary alicyclic amines) is 1. The molecule has 0 unspecified atom stereocenters. The summed E-state index contributed by atoms with van der Waals surface area (Å²) in [6, 6.07) is 7.98. The van der Waals surface area contributed by atoms with Crippen LogP contribution in [0.15, 0.2) is 29.6 Å². The summed E-state index contributed by atoms with van der Waals surface area (Å²) in [7, 11) is 0. The Morgan fingerprint density at radius 2 is 2.05 bits per heavy atom. The van der Waals surface area contributed by atoms with Crippen LogP contribution in [0.4, 0.5) is 0 Å². The Hall–Kier alpha value is -1.39. The summed E-state index contributed by atoms with van der Waals surface area (Å²) < 4.78 is 1.14. The molecule has 1 aliphatic carbocycles. The van der Waals surface area contributed by atoms with Gasteiger partial charge in [-0.3, -0.25) is 4.79 Å². The van der Waals surface area contributed by atoms with Gasteiger partial charge in [-0.25, -0.2) is 0 Å². The average molecular weight is 273 g/mol. The van der Waals surface area contributed by atoms with Crippen molar-refractivity contribution in [1.82, 2.24) is 4.90 Å². The summed E-state index contributed by atoms with van der Waals surface area (Å²) in [5.74, 6) is 0.485. The predicted octanol–water partition coefficient (Wildman–Crippen LogP) is 2.50. The van der Waals surface area contributed by atoms with Crippen LogP contribution in [0.2, 0.25) is 0 Å². The van der Waals surface area contributed by atoms with Crippen molar-refractivity contribution in [1.29, 1.82) is 0 Å². The Morgan fingerprint density at radius 3 is 2.79 bits per heavy atom. The van der Waals surface area contributed by atoms with Crippen molar-refractivity contribution < 1.29 is 9.90 Å². The van der Waals surface area contributed by atoms with E-state index in [1.54, 1.807) is 16.2 Å². The molecule has 0 radical (unpaired) electrons. The highest BCUT2D eigenvalue weighted by atomic mass is 32.1. The minimum absolute atomic E-state index is 0.0581. The third-order valence-electron chi connectivity index (χ3n) is 4.27. The number of aliphatic hydroxyl groups is 1. The van der Waals surface area contributed by atoms with Crippen LogP contribution < -0.4 is 0 Å². The number of carbonyl (C=O) groups is 1. The second-order valence-corrected chi connectivity index (χ2v) is 6.60. The molecule has 3 nitrogen and oxygen atoms in total. The number of amides is 1. The first-order chi connectivity index (χ1) is 9.17. The van der Waals surface area contributed by atoms with Crippen LogP contribution in [0.1, 0.15) is 23.2 Å². The molecular weight excluding hydrogens is 258 g/mol. The lowest BCUT2D eigenvalue weighted by Crippen LogP contribution is -2.64. The van der Waals surface area contributed by atoms with Crippen molar-refractivity contribution >= 4 is 27.3 Å². The van der Waals surface area contributed by atoms with Gasteiger partial charge in [-0.15, -0.1) is 11.3 Å². The first kappa shape index (κ1) is 11.4. The molecule has 1 aromatic heterocycles. The normalized spacial score (nSPS) is 21.4. The van der Waals surface area contributed by atoms with Crippen molar-refractivity contribution in [3.05, 3.63) is 35.2 Å². The van der Waals surface area contributed by atoms with E-state index < -0.39 is 5.60 Å². The van der Waals surface area contributed by atoms with Gasteiger partial charge in [0.1, 0.15) is 5.60 Å². The van der Waals surface area contributed by atoms with E-state index >= 15 is 0 Å². The first-order valence-electron chi connectivity index (χ1n) is 6.65. The minimum atomic E-state index is -0.596. The van der Waals surface area contributed by atoms with E-state index in [2.05, 4.69) is 0 Å². The summed E-state index contributed by atoms with van der Waals surface area (Å²) >= 11 is 1.60. The van der Waals surface area contributed by atoms with Gasteiger partial charge in [-0.05, 0) is 24.8 Å². The zero-order chi connectivity index (χ0) is 13.0. The summed E-state index contributed by atoms with van der Waals surface area (Å²) in [5.41, 5.74) is 0.181. The molecule has 1 saturated carbocycles. The van der Waals surface area contributed by atoms with Crippen molar-refractivity contribution in [3.63, 3.8) is 0 Å². The number of benzene rings is 1. The van der Waals surface area contributed by atoms with Gasteiger partial charge in [0.15, 0.2) is 0 Å². The molecule has 0 bridgehead atoms. The van der Waals surface area contributed by atoms with Gasteiger partial charge in [0, 0.05) is 15.5 Å². The topological polar surface area (TPSA) is 40.5 Å². The molecule has 4 heteroatoms. The second kappa shape index (κ2) is 3.81. The molecule has 2 aromatic rings. The van der Waals surface area contributed by atoms with Crippen LogP contribution in [-0.4, -0.2) is 34.6 Å². The van der Waals surface area contributed by atoms with E-state index in [-0.39, 0.29) is 5.91 Å². The fraction of sp³-hybridized carbons (Fsp3) is 0.400. The van der Waals surface area contributed by atoms with Gasteiger partial charge in [-0.1, -0.05) is 18.2 Å². The van der Waals surface area contributed by atoms with Crippen molar-refractivity contribution in [2.45, 2.75) is 18.4 Å². The monoisotopic (exact) mass is 273 g/mol. The van der Waals surface area contributed by atoms with Crippen LogP contribution in [0.5, 0.6) is 0 Å². The maximum atomic E-state index is 12.5. The van der Waals surface area contributed by atoms with E-state index in [9.17, 15) is 9.90 Å². The van der Waals surface area contributed by atoms with E-state index in [0.29, 0.717) is 19.0 Å². The van der Waals surface area contributed by atoms with Crippen LogP contribution in [0.3, 0.4) is 0 Å². The van der Waals surface area contributed by atoms with Crippen molar-refractivity contribution in [3.8, 4) is 0 Å². The molecule has 1 amide bonds. The smallest absolute Gasteiger partial charge is 0.255 e. The number of β-amino-alcohol motifs (C(OH)–C–C–N with tert-alkyl or cyclic N) is 1. The van der Waals surface area contributed by atoms with Gasteiger partial charge < -0.3 is 10.0 Å². The highest BCUT2D eigenvalue weighted by Gasteiger charge is 2.53. The summed E-state index contributed by atoms with van der Waals surface area (Å²) in [6.07, 6.45) is 2.22. The first-order valence-corrected chi connectivity index (χ1v) is 7.53. The summed E-state index contributed by atoms with van der Waals surface area (Å²) in [6.45, 7) is 1.00. The van der Waals surface area contributed by atoms with E-state index in [0.717, 1.165) is 28.5 Å². The quantitative estimate of drug-likeness (QED) is 0.913. The summed E-state index contributed by atoms with van der Waals surface area (Å²) in [5, 5.41) is 13.2. The highest BCUT2D eigenvalue weighted by molar-refractivity contribution is 7.17. The molecule has 2 aliphatic rings. The van der Waals surface area contributed by atoms with Crippen LogP contribution in [-0.2, 0) is 0 Å². The molecule has 0 spiro atoms.